The Morgan fingerprint density at radius 2 is 2.00 bits per heavy atom. The standard InChI is InChI=1S/C17H27N3O3/c1-11(2)14-10-15(20(3)19-14)16(21)18-13-9-7-5-6-8-12(13)17(22)23-4/h10-13H,5-9H2,1-4H3,(H,18,21)/t12-,13+/m1/s1. The molecule has 128 valence electrons. The van der Waals surface area contributed by atoms with Crippen molar-refractivity contribution in [3.63, 3.8) is 0 Å². The number of hydrogen-bond acceptors (Lipinski definition) is 4. The van der Waals surface area contributed by atoms with Crippen LogP contribution in [-0.4, -0.2) is 34.8 Å². The zero-order chi connectivity index (χ0) is 17.0. The number of aryl methyl sites for hydroxylation is 1. The molecule has 0 unspecified atom stereocenters. The molecule has 0 bridgehead atoms. The molecule has 1 aromatic heterocycles. The van der Waals surface area contributed by atoms with Gasteiger partial charge in [0, 0.05) is 13.1 Å². The lowest BCUT2D eigenvalue weighted by Gasteiger charge is -2.24. The Kier molecular flexibility index (Phi) is 5.80. The van der Waals surface area contributed by atoms with Crippen LogP contribution in [0.25, 0.3) is 0 Å². The second kappa shape index (κ2) is 7.62. The molecular weight excluding hydrogens is 294 g/mol. The number of carbonyl (C=O) groups is 2. The molecule has 0 aliphatic heterocycles. The first-order valence-corrected chi connectivity index (χ1v) is 8.36. The van der Waals surface area contributed by atoms with E-state index < -0.39 is 0 Å². The Morgan fingerprint density at radius 1 is 1.30 bits per heavy atom. The van der Waals surface area contributed by atoms with Gasteiger partial charge in [0.2, 0.25) is 0 Å². The minimum atomic E-state index is -0.260. The average molecular weight is 321 g/mol. The van der Waals surface area contributed by atoms with Crippen LogP contribution >= 0.6 is 0 Å². The van der Waals surface area contributed by atoms with E-state index in [9.17, 15) is 9.59 Å². The van der Waals surface area contributed by atoms with Gasteiger partial charge in [0.05, 0.1) is 18.7 Å². The van der Waals surface area contributed by atoms with E-state index in [0.717, 1.165) is 37.8 Å². The quantitative estimate of drug-likeness (QED) is 0.682. The summed E-state index contributed by atoms with van der Waals surface area (Å²) in [6.07, 6.45) is 4.67. The lowest BCUT2D eigenvalue weighted by molar-refractivity contribution is -0.146. The number of carbonyl (C=O) groups excluding carboxylic acids is 2. The van der Waals surface area contributed by atoms with Crippen molar-refractivity contribution >= 4 is 11.9 Å². The summed E-state index contributed by atoms with van der Waals surface area (Å²) in [5, 5.41) is 7.41. The zero-order valence-corrected chi connectivity index (χ0v) is 14.5. The van der Waals surface area contributed by atoms with E-state index in [1.807, 2.05) is 19.9 Å². The molecular formula is C17H27N3O3. The van der Waals surface area contributed by atoms with Crippen molar-refractivity contribution in [3.05, 3.63) is 17.5 Å². The molecule has 2 rings (SSSR count). The summed E-state index contributed by atoms with van der Waals surface area (Å²) in [5.74, 6) is -0.398. The molecule has 23 heavy (non-hydrogen) atoms. The molecule has 1 amide bonds. The summed E-state index contributed by atoms with van der Waals surface area (Å²) in [7, 11) is 3.17. The Hall–Kier alpha value is -1.85. The van der Waals surface area contributed by atoms with Gasteiger partial charge < -0.3 is 10.1 Å². The predicted octanol–water partition coefficient (Wildman–Crippen LogP) is 2.40. The van der Waals surface area contributed by atoms with Crippen LogP contribution < -0.4 is 5.32 Å². The number of rotatable bonds is 4. The van der Waals surface area contributed by atoms with Gasteiger partial charge in [-0.05, 0) is 24.8 Å². The van der Waals surface area contributed by atoms with Crippen molar-refractivity contribution in [2.75, 3.05) is 7.11 Å². The van der Waals surface area contributed by atoms with Crippen molar-refractivity contribution in [2.24, 2.45) is 13.0 Å². The minimum absolute atomic E-state index is 0.171. The highest BCUT2D eigenvalue weighted by Gasteiger charge is 2.32. The molecule has 1 heterocycles. The maximum atomic E-state index is 12.6. The van der Waals surface area contributed by atoms with Gasteiger partial charge >= 0.3 is 5.97 Å². The summed E-state index contributed by atoms with van der Waals surface area (Å²) >= 11 is 0. The molecule has 1 aliphatic carbocycles. The molecule has 2 atom stereocenters. The monoisotopic (exact) mass is 321 g/mol. The van der Waals surface area contributed by atoms with E-state index in [2.05, 4.69) is 10.4 Å². The number of methoxy groups -OCH3 is 1. The Bertz CT molecular complexity index is 565. The smallest absolute Gasteiger partial charge is 0.310 e. The highest BCUT2D eigenvalue weighted by molar-refractivity contribution is 5.93. The van der Waals surface area contributed by atoms with Crippen molar-refractivity contribution < 1.29 is 14.3 Å². The van der Waals surface area contributed by atoms with E-state index in [-0.39, 0.29) is 29.8 Å². The van der Waals surface area contributed by atoms with Gasteiger partial charge in [-0.15, -0.1) is 0 Å². The third kappa shape index (κ3) is 4.12. The molecule has 0 radical (unpaired) electrons. The van der Waals surface area contributed by atoms with Crippen LogP contribution in [0.15, 0.2) is 6.07 Å². The van der Waals surface area contributed by atoms with E-state index >= 15 is 0 Å². The predicted molar refractivity (Wildman–Crippen MR) is 87.1 cm³/mol. The highest BCUT2D eigenvalue weighted by atomic mass is 16.5. The van der Waals surface area contributed by atoms with Gasteiger partial charge in [0.1, 0.15) is 5.69 Å². The highest BCUT2D eigenvalue weighted by Crippen LogP contribution is 2.25. The van der Waals surface area contributed by atoms with Crippen molar-refractivity contribution in [1.82, 2.24) is 15.1 Å². The van der Waals surface area contributed by atoms with E-state index in [4.69, 9.17) is 4.74 Å². The third-order valence-corrected chi connectivity index (χ3v) is 4.56. The van der Waals surface area contributed by atoms with Crippen LogP contribution in [0.1, 0.15) is 68.1 Å². The number of ether oxygens (including phenoxy) is 1. The second-order valence-electron chi connectivity index (χ2n) is 6.58. The summed E-state index contributed by atoms with van der Waals surface area (Å²) in [6, 6.07) is 1.65. The zero-order valence-electron chi connectivity index (χ0n) is 14.5. The lowest BCUT2D eigenvalue weighted by Crippen LogP contribution is -2.43. The van der Waals surface area contributed by atoms with E-state index in [0.29, 0.717) is 5.69 Å². The van der Waals surface area contributed by atoms with Crippen LogP contribution in [0.4, 0.5) is 0 Å². The fourth-order valence-corrected chi connectivity index (χ4v) is 3.14. The Morgan fingerprint density at radius 3 is 2.61 bits per heavy atom. The first kappa shape index (κ1) is 17.5. The first-order chi connectivity index (χ1) is 10.9. The number of aromatic nitrogens is 2. The molecule has 0 saturated heterocycles. The number of hydrogen-bond donors (Lipinski definition) is 1. The van der Waals surface area contributed by atoms with Crippen molar-refractivity contribution in [1.29, 1.82) is 0 Å². The fraction of sp³-hybridized carbons (Fsp3) is 0.706. The van der Waals surface area contributed by atoms with Gasteiger partial charge in [-0.3, -0.25) is 14.3 Å². The average Bonchev–Trinajstić information content (AvgIpc) is 2.76. The fourth-order valence-electron chi connectivity index (χ4n) is 3.14. The first-order valence-electron chi connectivity index (χ1n) is 8.36. The maximum absolute atomic E-state index is 12.6. The lowest BCUT2D eigenvalue weighted by atomic mass is 9.94. The molecule has 6 heteroatoms. The molecule has 1 aliphatic rings. The third-order valence-electron chi connectivity index (χ3n) is 4.56. The molecule has 1 fully saturated rings. The van der Waals surface area contributed by atoms with Gasteiger partial charge in [0.25, 0.3) is 5.91 Å². The largest absolute Gasteiger partial charge is 0.469 e. The topological polar surface area (TPSA) is 73.2 Å². The van der Waals surface area contributed by atoms with Crippen molar-refractivity contribution in [2.45, 2.75) is 57.9 Å². The molecule has 1 N–H and O–H groups in total. The summed E-state index contributed by atoms with van der Waals surface area (Å²) in [4.78, 5) is 24.6. The number of esters is 1. The summed E-state index contributed by atoms with van der Waals surface area (Å²) in [5.41, 5.74) is 1.42. The van der Waals surface area contributed by atoms with Crippen LogP contribution in [0.5, 0.6) is 0 Å². The van der Waals surface area contributed by atoms with Crippen LogP contribution in [0, 0.1) is 5.92 Å². The minimum Gasteiger partial charge on any atom is -0.469 e. The van der Waals surface area contributed by atoms with Gasteiger partial charge in [-0.25, -0.2) is 0 Å². The molecule has 6 nitrogen and oxygen atoms in total. The van der Waals surface area contributed by atoms with Crippen LogP contribution in [0.3, 0.4) is 0 Å². The van der Waals surface area contributed by atoms with E-state index in [1.165, 1.54) is 7.11 Å². The summed E-state index contributed by atoms with van der Waals surface area (Å²) < 4.78 is 6.52. The number of amides is 1. The molecule has 0 aromatic carbocycles. The number of nitrogens with zero attached hydrogens (tertiary/aromatic N) is 2. The van der Waals surface area contributed by atoms with Gasteiger partial charge in [-0.2, -0.15) is 5.10 Å². The molecule has 1 saturated carbocycles. The Labute approximate surface area is 137 Å². The second-order valence-corrected chi connectivity index (χ2v) is 6.58. The summed E-state index contributed by atoms with van der Waals surface area (Å²) in [6.45, 7) is 4.09. The van der Waals surface area contributed by atoms with Gasteiger partial charge in [-0.1, -0.05) is 33.1 Å². The molecule has 1 aromatic rings. The van der Waals surface area contributed by atoms with Crippen LogP contribution in [-0.2, 0) is 16.6 Å². The Balaban J connectivity index is 2.14. The molecule has 0 spiro atoms. The normalized spacial score (nSPS) is 21.8. The van der Waals surface area contributed by atoms with E-state index in [1.54, 1.807) is 11.7 Å². The maximum Gasteiger partial charge on any atom is 0.310 e. The number of nitrogens with one attached hydrogen (secondary N) is 1. The SMILES string of the molecule is COC(=O)[C@@H]1CCCCC[C@@H]1NC(=O)c1cc(C(C)C)nn1C. The van der Waals surface area contributed by atoms with Crippen molar-refractivity contribution in [3.8, 4) is 0 Å². The van der Waals surface area contributed by atoms with Gasteiger partial charge in [0.15, 0.2) is 0 Å². The van der Waals surface area contributed by atoms with Crippen LogP contribution in [0.2, 0.25) is 0 Å².